The number of rotatable bonds is 1. The summed E-state index contributed by atoms with van der Waals surface area (Å²) < 4.78 is 2.91. The van der Waals surface area contributed by atoms with Gasteiger partial charge < -0.3 is 0 Å². The molecule has 1 aromatic carbocycles. The first-order valence-electron chi connectivity index (χ1n) is 7.81. The van der Waals surface area contributed by atoms with E-state index in [1.54, 1.807) is 0 Å². The lowest BCUT2D eigenvalue weighted by Gasteiger charge is -2.09. The SMILES string of the molecule is Cc1cccc(-n2nnc3c(sc4nc(C)c(Br)c(C)c43)c2=O)c1C. The lowest BCUT2D eigenvalue weighted by molar-refractivity contribution is 0.736. The van der Waals surface area contributed by atoms with Gasteiger partial charge in [0, 0.05) is 9.86 Å². The van der Waals surface area contributed by atoms with E-state index in [1.807, 2.05) is 45.9 Å². The molecule has 0 radical (unpaired) electrons. The number of pyridine rings is 1. The topological polar surface area (TPSA) is 60.7 Å². The Kier molecular flexibility index (Phi) is 3.73. The molecule has 0 saturated heterocycles. The highest BCUT2D eigenvalue weighted by Gasteiger charge is 2.19. The fourth-order valence-electron chi connectivity index (χ4n) is 3.00. The molecule has 126 valence electrons. The third-order valence-electron chi connectivity index (χ3n) is 4.58. The molecule has 25 heavy (non-hydrogen) atoms. The predicted octanol–water partition coefficient (Wildman–Crippen LogP) is 4.39. The summed E-state index contributed by atoms with van der Waals surface area (Å²) in [5, 5.41) is 9.48. The molecule has 3 heterocycles. The highest BCUT2D eigenvalue weighted by atomic mass is 79.9. The molecule has 0 amide bonds. The molecule has 0 bridgehead atoms. The van der Waals surface area contributed by atoms with E-state index in [0.717, 1.165) is 42.8 Å². The van der Waals surface area contributed by atoms with Gasteiger partial charge in [-0.05, 0) is 66.4 Å². The fraction of sp³-hybridized carbons (Fsp3) is 0.222. The normalized spacial score (nSPS) is 11.6. The quantitative estimate of drug-likeness (QED) is 0.463. The zero-order chi connectivity index (χ0) is 17.9. The molecule has 3 aromatic heterocycles. The Labute approximate surface area is 156 Å². The molecular formula is C18H15BrN4OS. The summed E-state index contributed by atoms with van der Waals surface area (Å²) in [6, 6.07) is 5.83. The van der Waals surface area contributed by atoms with Gasteiger partial charge in [0.05, 0.1) is 11.4 Å². The van der Waals surface area contributed by atoms with E-state index in [-0.39, 0.29) is 5.56 Å². The molecular weight excluding hydrogens is 400 g/mol. The van der Waals surface area contributed by atoms with Gasteiger partial charge in [0.25, 0.3) is 5.56 Å². The van der Waals surface area contributed by atoms with E-state index < -0.39 is 0 Å². The van der Waals surface area contributed by atoms with Crippen molar-refractivity contribution in [3.05, 3.63) is 55.4 Å². The average Bonchev–Trinajstić information content (AvgIpc) is 2.95. The number of hydrogen-bond acceptors (Lipinski definition) is 5. The summed E-state index contributed by atoms with van der Waals surface area (Å²) in [6.07, 6.45) is 0. The van der Waals surface area contributed by atoms with Gasteiger partial charge in [0.2, 0.25) is 0 Å². The molecule has 0 aliphatic heterocycles. The largest absolute Gasteiger partial charge is 0.292 e. The summed E-state index contributed by atoms with van der Waals surface area (Å²) in [4.78, 5) is 18.5. The molecule has 4 aromatic rings. The van der Waals surface area contributed by atoms with Gasteiger partial charge in [-0.25, -0.2) is 4.98 Å². The molecule has 0 aliphatic carbocycles. The predicted molar refractivity (Wildman–Crippen MR) is 105 cm³/mol. The Morgan fingerprint density at radius 2 is 1.88 bits per heavy atom. The van der Waals surface area contributed by atoms with Crippen LogP contribution in [-0.4, -0.2) is 20.0 Å². The molecule has 0 aliphatic rings. The third-order valence-corrected chi connectivity index (χ3v) is 6.81. The molecule has 5 nitrogen and oxygen atoms in total. The second-order valence-electron chi connectivity index (χ2n) is 6.12. The van der Waals surface area contributed by atoms with E-state index in [9.17, 15) is 4.79 Å². The van der Waals surface area contributed by atoms with Crippen LogP contribution in [0.5, 0.6) is 0 Å². The summed E-state index contributed by atoms with van der Waals surface area (Å²) in [5.74, 6) is 0. The first-order chi connectivity index (χ1) is 11.9. The molecule has 0 N–H and O–H groups in total. The number of nitrogens with zero attached hydrogens (tertiary/aromatic N) is 4. The first kappa shape index (κ1) is 16.4. The van der Waals surface area contributed by atoms with Gasteiger partial charge in [0.1, 0.15) is 15.0 Å². The first-order valence-corrected chi connectivity index (χ1v) is 9.42. The number of aryl methyl sites for hydroxylation is 3. The monoisotopic (exact) mass is 414 g/mol. The smallest absolute Gasteiger partial charge is 0.266 e. The van der Waals surface area contributed by atoms with Gasteiger partial charge in [0.15, 0.2) is 0 Å². The number of thiophene rings is 1. The Bertz CT molecular complexity index is 1230. The summed E-state index contributed by atoms with van der Waals surface area (Å²) >= 11 is 4.94. The summed E-state index contributed by atoms with van der Waals surface area (Å²) in [6.45, 7) is 7.95. The van der Waals surface area contributed by atoms with Crippen molar-refractivity contribution in [2.75, 3.05) is 0 Å². The molecule has 0 unspecified atom stereocenters. The fourth-order valence-corrected chi connectivity index (χ4v) is 4.43. The molecule has 0 atom stereocenters. The average molecular weight is 415 g/mol. The number of aromatic nitrogens is 4. The van der Waals surface area contributed by atoms with E-state index in [2.05, 4.69) is 31.2 Å². The highest BCUT2D eigenvalue weighted by Crippen LogP contribution is 2.35. The van der Waals surface area contributed by atoms with Crippen molar-refractivity contribution in [3.8, 4) is 5.69 Å². The van der Waals surface area contributed by atoms with Crippen LogP contribution in [-0.2, 0) is 0 Å². The van der Waals surface area contributed by atoms with Crippen molar-refractivity contribution in [3.63, 3.8) is 0 Å². The maximum absolute atomic E-state index is 13.1. The van der Waals surface area contributed by atoms with Crippen molar-refractivity contribution < 1.29 is 0 Å². The Hall–Kier alpha value is -2.12. The third kappa shape index (κ3) is 2.33. The number of halogens is 1. The summed E-state index contributed by atoms with van der Waals surface area (Å²) in [5.41, 5.74) is 5.30. The zero-order valence-corrected chi connectivity index (χ0v) is 16.6. The van der Waals surface area contributed by atoms with Crippen molar-refractivity contribution in [1.29, 1.82) is 0 Å². The van der Waals surface area contributed by atoms with E-state index >= 15 is 0 Å². The Balaban J connectivity index is 2.11. The minimum absolute atomic E-state index is 0.158. The number of hydrogen-bond donors (Lipinski definition) is 0. The van der Waals surface area contributed by atoms with Crippen LogP contribution in [0, 0.1) is 27.7 Å². The standard InChI is InChI=1S/C18H15BrN4OS/c1-8-6-5-7-12(9(8)2)23-18(24)16-15(21-22-23)13-10(3)14(19)11(4)20-17(13)25-16/h5-7H,1-4H3. The van der Waals surface area contributed by atoms with Gasteiger partial charge in [-0.1, -0.05) is 17.3 Å². The van der Waals surface area contributed by atoms with Crippen molar-refractivity contribution in [1.82, 2.24) is 20.0 Å². The van der Waals surface area contributed by atoms with E-state index in [0.29, 0.717) is 10.2 Å². The number of fused-ring (bicyclic) bond motifs is 3. The maximum Gasteiger partial charge on any atom is 0.292 e. The van der Waals surface area contributed by atoms with Gasteiger partial charge in [-0.15, -0.1) is 16.4 Å². The molecule has 0 saturated carbocycles. The minimum Gasteiger partial charge on any atom is -0.266 e. The highest BCUT2D eigenvalue weighted by molar-refractivity contribution is 9.10. The van der Waals surface area contributed by atoms with Crippen molar-refractivity contribution >= 4 is 47.7 Å². The van der Waals surface area contributed by atoms with Crippen LogP contribution in [0.2, 0.25) is 0 Å². The number of benzene rings is 1. The van der Waals surface area contributed by atoms with Gasteiger partial charge in [-0.3, -0.25) is 4.79 Å². The van der Waals surface area contributed by atoms with Crippen LogP contribution in [0.25, 0.3) is 26.1 Å². The molecule has 4 rings (SSSR count). The van der Waals surface area contributed by atoms with Gasteiger partial charge >= 0.3 is 0 Å². The van der Waals surface area contributed by atoms with Crippen molar-refractivity contribution in [2.45, 2.75) is 27.7 Å². The Morgan fingerprint density at radius 3 is 2.64 bits per heavy atom. The maximum atomic E-state index is 13.1. The second kappa shape index (κ2) is 5.71. The van der Waals surface area contributed by atoms with Crippen LogP contribution in [0.3, 0.4) is 0 Å². The molecule has 7 heteroatoms. The van der Waals surface area contributed by atoms with Crippen LogP contribution < -0.4 is 5.56 Å². The minimum atomic E-state index is -0.158. The van der Waals surface area contributed by atoms with Crippen LogP contribution in [0.15, 0.2) is 27.5 Å². The lowest BCUT2D eigenvalue weighted by atomic mass is 10.1. The van der Waals surface area contributed by atoms with E-state index in [4.69, 9.17) is 0 Å². The van der Waals surface area contributed by atoms with Gasteiger partial charge in [-0.2, -0.15) is 4.68 Å². The molecule has 0 fully saturated rings. The van der Waals surface area contributed by atoms with Crippen LogP contribution in [0.1, 0.15) is 22.4 Å². The van der Waals surface area contributed by atoms with Crippen LogP contribution in [0.4, 0.5) is 0 Å². The lowest BCUT2D eigenvalue weighted by Crippen LogP contribution is -2.22. The van der Waals surface area contributed by atoms with E-state index in [1.165, 1.54) is 16.0 Å². The molecule has 0 spiro atoms. The van der Waals surface area contributed by atoms with Crippen molar-refractivity contribution in [2.24, 2.45) is 0 Å². The second-order valence-corrected chi connectivity index (χ2v) is 7.91. The van der Waals surface area contributed by atoms with Crippen LogP contribution >= 0.6 is 27.3 Å². The zero-order valence-electron chi connectivity index (χ0n) is 14.2. The Morgan fingerprint density at radius 1 is 1.12 bits per heavy atom. The summed E-state index contributed by atoms with van der Waals surface area (Å²) in [7, 11) is 0.